The van der Waals surface area contributed by atoms with Crippen LogP contribution < -0.4 is 16.6 Å². The number of rotatable bonds is 3. The molecule has 0 fully saturated rings. The predicted molar refractivity (Wildman–Crippen MR) is 85.5 cm³/mol. The maximum absolute atomic E-state index is 14.7. The number of nitrogen functional groups attached to an aromatic ring is 1. The first-order chi connectivity index (χ1) is 11.0. The van der Waals surface area contributed by atoms with Gasteiger partial charge in [-0.2, -0.15) is 0 Å². The Hall–Kier alpha value is -2.77. The van der Waals surface area contributed by atoms with E-state index in [0.717, 1.165) is 0 Å². The molecule has 23 heavy (non-hydrogen) atoms. The van der Waals surface area contributed by atoms with E-state index in [4.69, 9.17) is 13.6 Å². The Balaban J connectivity index is 2.04. The highest BCUT2D eigenvalue weighted by molar-refractivity contribution is 6.30. The summed E-state index contributed by atoms with van der Waals surface area (Å²) in [7, 11) is 5.55. The molecule has 114 valence electrons. The number of aromatic nitrogens is 3. The standard InChI is InChI=1S/C15H12BF2N5/c1-7(22-15-14(19)21-6-11(16)23-15)12-9(17)5-10-8(13(12)18)3-2-4-20-10/h2-7H,1H3,(H2,19,21)(H,22,23). The van der Waals surface area contributed by atoms with Gasteiger partial charge in [-0.05, 0) is 19.1 Å². The summed E-state index contributed by atoms with van der Waals surface area (Å²) in [5, 5.41) is 3.07. The molecular weight excluding hydrogens is 299 g/mol. The summed E-state index contributed by atoms with van der Waals surface area (Å²) in [6.07, 6.45) is 2.78. The molecule has 3 N–H and O–H groups in total. The van der Waals surface area contributed by atoms with Crippen LogP contribution in [-0.4, -0.2) is 22.8 Å². The maximum atomic E-state index is 14.7. The van der Waals surface area contributed by atoms with Gasteiger partial charge in [-0.1, -0.05) is 0 Å². The van der Waals surface area contributed by atoms with E-state index < -0.39 is 17.7 Å². The van der Waals surface area contributed by atoms with Crippen LogP contribution in [0.25, 0.3) is 10.9 Å². The molecule has 0 amide bonds. The minimum absolute atomic E-state index is 0.0920. The smallest absolute Gasteiger partial charge is 0.168 e. The summed E-state index contributed by atoms with van der Waals surface area (Å²) in [4.78, 5) is 11.8. The van der Waals surface area contributed by atoms with Crippen molar-refractivity contribution in [1.29, 1.82) is 0 Å². The number of nitrogens with zero attached hydrogens (tertiary/aromatic N) is 3. The Morgan fingerprint density at radius 2 is 2.09 bits per heavy atom. The highest BCUT2D eigenvalue weighted by atomic mass is 19.1. The second-order valence-electron chi connectivity index (χ2n) is 5.05. The van der Waals surface area contributed by atoms with Crippen LogP contribution >= 0.6 is 0 Å². The fourth-order valence-corrected chi connectivity index (χ4v) is 2.36. The van der Waals surface area contributed by atoms with Crippen molar-refractivity contribution in [2.75, 3.05) is 11.1 Å². The Labute approximate surface area is 132 Å². The molecule has 0 spiro atoms. The average Bonchev–Trinajstić information content (AvgIpc) is 2.51. The number of benzene rings is 1. The number of fused-ring (bicyclic) bond motifs is 1. The SMILES string of the molecule is [B]c1cnc(N)c(NC(C)c2c(F)cc3ncccc3c2F)n1. The summed E-state index contributed by atoms with van der Waals surface area (Å²) in [6, 6.07) is 3.59. The van der Waals surface area contributed by atoms with Crippen molar-refractivity contribution in [3.8, 4) is 0 Å². The third-order valence-corrected chi connectivity index (χ3v) is 3.44. The van der Waals surface area contributed by atoms with E-state index in [1.54, 1.807) is 19.1 Å². The highest BCUT2D eigenvalue weighted by Crippen LogP contribution is 2.29. The normalized spacial score (nSPS) is 12.3. The van der Waals surface area contributed by atoms with E-state index in [9.17, 15) is 8.78 Å². The van der Waals surface area contributed by atoms with Gasteiger partial charge in [0.05, 0.1) is 11.6 Å². The first-order valence-corrected chi connectivity index (χ1v) is 6.84. The zero-order chi connectivity index (χ0) is 16.6. The molecule has 0 aliphatic carbocycles. The number of anilines is 2. The van der Waals surface area contributed by atoms with E-state index in [-0.39, 0.29) is 33.7 Å². The van der Waals surface area contributed by atoms with Gasteiger partial charge in [0.15, 0.2) is 11.6 Å². The van der Waals surface area contributed by atoms with Gasteiger partial charge in [0, 0.05) is 35.0 Å². The second kappa shape index (κ2) is 5.79. The van der Waals surface area contributed by atoms with Gasteiger partial charge >= 0.3 is 0 Å². The Morgan fingerprint density at radius 3 is 2.87 bits per heavy atom. The molecule has 3 aromatic rings. The van der Waals surface area contributed by atoms with Gasteiger partial charge in [0.25, 0.3) is 0 Å². The lowest BCUT2D eigenvalue weighted by Gasteiger charge is -2.18. The molecule has 2 aromatic heterocycles. The van der Waals surface area contributed by atoms with Gasteiger partial charge in [0.2, 0.25) is 0 Å². The molecule has 1 aromatic carbocycles. The van der Waals surface area contributed by atoms with E-state index in [1.807, 2.05) is 0 Å². The fourth-order valence-electron chi connectivity index (χ4n) is 2.36. The van der Waals surface area contributed by atoms with Gasteiger partial charge < -0.3 is 11.1 Å². The van der Waals surface area contributed by atoms with Crippen LogP contribution in [0.3, 0.4) is 0 Å². The Morgan fingerprint density at radius 1 is 1.30 bits per heavy atom. The van der Waals surface area contributed by atoms with Crippen molar-refractivity contribution in [3.63, 3.8) is 0 Å². The van der Waals surface area contributed by atoms with Gasteiger partial charge in [-0.25, -0.2) is 18.7 Å². The number of nitrogens with two attached hydrogens (primary N) is 1. The molecule has 1 atom stereocenters. The largest absolute Gasteiger partial charge is 0.381 e. The summed E-state index contributed by atoms with van der Waals surface area (Å²) in [5.74, 6) is -1.12. The van der Waals surface area contributed by atoms with E-state index >= 15 is 0 Å². The highest BCUT2D eigenvalue weighted by Gasteiger charge is 2.20. The van der Waals surface area contributed by atoms with Gasteiger partial charge in [-0.3, -0.25) is 4.98 Å². The lowest BCUT2D eigenvalue weighted by molar-refractivity contribution is 0.551. The number of halogens is 2. The summed E-state index contributed by atoms with van der Waals surface area (Å²) >= 11 is 0. The maximum Gasteiger partial charge on any atom is 0.168 e. The third kappa shape index (κ3) is 2.79. The van der Waals surface area contributed by atoms with Crippen molar-refractivity contribution in [3.05, 3.63) is 47.8 Å². The number of nitrogens with one attached hydrogen (secondary N) is 1. The summed E-state index contributed by atoms with van der Waals surface area (Å²) in [5.41, 5.74) is 5.96. The predicted octanol–water partition coefficient (Wildman–Crippen LogP) is 1.85. The van der Waals surface area contributed by atoms with E-state index in [1.165, 1.54) is 18.5 Å². The number of pyridine rings is 1. The number of hydrogen-bond acceptors (Lipinski definition) is 5. The molecule has 0 aliphatic heterocycles. The van der Waals surface area contributed by atoms with Crippen LogP contribution in [0.2, 0.25) is 0 Å². The molecule has 0 saturated heterocycles. The summed E-state index contributed by atoms with van der Waals surface area (Å²) < 4.78 is 29.0. The summed E-state index contributed by atoms with van der Waals surface area (Å²) in [6.45, 7) is 1.59. The quantitative estimate of drug-likeness (QED) is 0.722. The van der Waals surface area contributed by atoms with Crippen molar-refractivity contribution in [2.24, 2.45) is 0 Å². The number of hydrogen-bond donors (Lipinski definition) is 2. The van der Waals surface area contributed by atoms with Crippen LogP contribution in [0.5, 0.6) is 0 Å². The van der Waals surface area contributed by atoms with Gasteiger partial charge in [-0.15, -0.1) is 0 Å². The molecule has 0 aliphatic rings. The molecule has 0 bridgehead atoms. The molecule has 3 rings (SSSR count). The van der Waals surface area contributed by atoms with Gasteiger partial charge in [0.1, 0.15) is 19.5 Å². The monoisotopic (exact) mass is 311 g/mol. The molecule has 0 saturated carbocycles. The third-order valence-electron chi connectivity index (χ3n) is 3.44. The topological polar surface area (TPSA) is 76.7 Å². The second-order valence-corrected chi connectivity index (χ2v) is 5.05. The lowest BCUT2D eigenvalue weighted by Crippen LogP contribution is -2.18. The molecule has 2 radical (unpaired) electrons. The molecule has 1 unspecified atom stereocenters. The van der Waals surface area contributed by atoms with Crippen molar-refractivity contribution in [1.82, 2.24) is 15.0 Å². The Bertz CT molecular complexity index is 887. The fraction of sp³-hybridized carbons (Fsp3) is 0.133. The Kier molecular flexibility index (Phi) is 3.81. The van der Waals surface area contributed by atoms with Crippen LogP contribution in [-0.2, 0) is 0 Å². The van der Waals surface area contributed by atoms with E-state index in [0.29, 0.717) is 0 Å². The average molecular weight is 311 g/mol. The minimum Gasteiger partial charge on any atom is -0.381 e. The zero-order valence-electron chi connectivity index (χ0n) is 12.2. The van der Waals surface area contributed by atoms with Crippen molar-refractivity contribution < 1.29 is 8.78 Å². The minimum atomic E-state index is -0.738. The zero-order valence-corrected chi connectivity index (χ0v) is 12.2. The van der Waals surface area contributed by atoms with Crippen LogP contribution in [0, 0.1) is 11.6 Å². The first-order valence-electron chi connectivity index (χ1n) is 6.84. The lowest BCUT2D eigenvalue weighted by atomic mass is 10.0. The van der Waals surface area contributed by atoms with Crippen molar-refractivity contribution >= 4 is 36.0 Å². The molecule has 8 heteroatoms. The van der Waals surface area contributed by atoms with Crippen LogP contribution in [0.15, 0.2) is 30.6 Å². The molecule has 2 heterocycles. The first kappa shape index (κ1) is 15.1. The van der Waals surface area contributed by atoms with Crippen molar-refractivity contribution in [2.45, 2.75) is 13.0 Å². The molecule has 5 nitrogen and oxygen atoms in total. The van der Waals surface area contributed by atoms with Crippen LogP contribution in [0.1, 0.15) is 18.5 Å². The van der Waals surface area contributed by atoms with Crippen LogP contribution in [0.4, 0.5) is 20.4 Å². The molecular formula is C15H12BF2N5. The van der Waals surface area contributed by atoms with E-state index in [2.05, 4.69) is 20.3 Å².